The Morgan fingerprint density at radius 1 is 1.30 bits per heavy atom. The van der Waals surface area contributed by atoms with Gasteiger partial charge in [-0.3, -0.25) is 19.6 Å². The van der Waals surface area contributed by atoms with E-state index in [1.165, 1.54) is 11.8 Å². The van der Waals surface area contributed by atoms with Crippen LogP contribution in [-0.4, -0.2) is 64.4 Å². The second-order valence-corrected chi connectivity index (χ2v) is 7.07. The molecule has 2 aliphatic rings. The van der Waals surface area contributed by atoms with Gasteiger partial charge in [-0.1, -0.05) is 30.0 Å². The SMILES string of the molecule is O=C1C(=Cc2ccccn2)SC(=S)N1CCCN1CCOCC1. The van der Waals surface area contributed by atoms with Crippen molar-refractivity contribution in [2.75, 3.05) is 39.4 Å². The summed E-state index contributed by atoms with van der Waals surface area (Å²) in [6.45, 7) is 5.18. The molecule has 3 heterocycles. The van der Waals surface area contributed by atoms with E-state index in [1.54, 1.807) is 17.2 Å². The zero-order valence-electron chi connectivity index (χ0n) is 12.8. The normalized spacial score (nSPS) is 21.4. The van der Waals surface area contributed by atoms with Crippen LogP contribution in [0.15, 0.2) is 29.3 Å². The molecule has 0 atom stereocenters. The lowest BCUT2D eigenvalue weighted by atomic mass is 10.3. The minimum Gasteiger partial charge on any atom is -0.379 e. The number of hydrogen-bond donors (Lipinski definition) is 0. The van der Waals surface area contributed by atoms with Crippen molar-refractivity contribution in [3.05, 3.63) is 35.0 Å². The van der Waals surface area contributed by atoms with E-state index in [-0.39, 0.29) is 5.91 Å². The zero-order valence-corrected chi connectivity index (χ0v) is 14.4. The highest BCUT2D eigenvalue weighted by molar-refractivity contribution is 8.26. The van der Waals surface area contributed by atoms with Gasteiger partial charge in [-0.25, -0.2) is 0 Å². The Morgan fingerprint density at radius 2 is 2.13 bits per heavy atom. The third kappa shape index (κ3) is 4.38. The molecule has 0 aliphatic carbocycles. The molecule has 0 saturated carbocycles. The van der Waals surface area contributed by atoms with E-state index in [1.807, 2.05) is 18.2 Å². The van der Waals surface area contributed by atoms with E-state index in [2.05, 4.69) is 9.88 Å². The number of hydrogen-bond acceptors (Lipinski definition) is 6. The van der Waals surface area contributed by atoms with Crippen LogP contribution in [0.3, 0.4) is 0 Å². The summed E-state index contributed by atoms with van der Waals surface area (Å²) < 4.78 is 5.98. The number of rotatable bonds is 5. The highest BCUT2D eigenvalue weighted by Gasteiger charge is 2.31. The van der Waals surface area contributed by atoms with Gasteiger partial charge in [-0.15, -0.1) is 0 Å². The van der Waals surface area contributed by atoms with Crippen molar-refractivity contribution in [2.24, 2.45) is 0 Å². The Hall–Kier alpha value is -1.28. The van der Waals surface area contributed by atoms with Crippen molar-refractivity contribution >= 4 is 40.3 Å². The van der Waals surface area contributed by atoms with Gasteiger partial charge in [0.25, 0.3) is 5.91 Å². The number of nitrogens with zero attached hydrogens (tertiary/aromatic N) is 3. The maximum absolute atomic E-state index is 12.5. The molecule has 0 N–H and O–H groups in total. The van der Waals surface area contributed by atoms with E-state index < -0.39 is 0 Å². The highest BCUT2D eigenvalue weighted by atomic mass is 32.2. The first kappa shape index (κ1) is 16.6. The summed E-state index contributed by atoms with van der Waals surface area (Å²) in [6, 6.07) is 5.64. The van der Waals surface area contributed by atoms with Crippen LogP contribution >= 0.6 is 24.0 Å². The molecule has 2 saturated heterocycles. The van der Waals surface area contributed by atoms with Crippen molar-refractivity contribution in [3.8, 4) is 0 Å². The second-order valence-electron chi connectivity index (χ2n) is 5.40. The third-order valence-electron chi connectivity index (χ3n) is 3.80. The number of aromatic nitrogens is 1. The lowest BCUT2D eigenvalue weighted by Crippen LogP contribution is -2.38. The van der Waals surface area contributed by atoms with Gasteiger partial charge in [0, 0.05) is 32.4 Å². The molecular formula is C16H19N3O2S2. The predicted octanol–water partition coefficient (Wildman–Crippen LogP) is 2.01. The van der Waals surface area contributed by atoms with Gasteiger partial charge in [0.05, 0.1) is 23.8 Å². The van der Waals surface area contributed by atoms with E-state index in [0.29, 0.717) is 15.8 Å². The fourth-order valence-electron chi connectivity index (χ4n) is 2.57. The number of morpholine rings is 1. The molecule has 7 heteroatoms. The van der Waals surface area contributed by atoms with Gasteiger partial charge in [0.1, 0.15) is 4.32 Å². The maximum Gasteiger partial charge on any atom is 0.266 e. The third-order valence-corrected chi connectivity index (χ3v) is 5.18. The summed E-state index contributed by atoms with van der Waals surface area (Å²) in [6.07, 6.45) is 4.44. The number of carbonyl (C=O) groups is 1. The second kappa shape index (κ2) is 8.01. The Morgan fingerprint density at radius 3 is 2.87 bits per heavy atom. The molecule has 1 amide bonds. The summed E-state index contributed by atoms with van der Waals surface area (Å²) in [5.41, 5.74) is 0.779. The van der Waals surface area contributed by atoms with Crippen LogP contribution in [0, 0.1) is 0 Å². The molecule has 1 aromatic rings. The number of carbonyl (C=O) groups excluding carboxylic acids is 1. The summed E-state index contributed by atoms with van der Waals surface area (Å²) in [4.78, 5) is 21.4. The molecule has 1 aromatic heterocycles. The summed E-state index contributed by atoms with van der Waals surface area (Å²) >= 11 is 6.71. The largest absolute Gasteiger partial charge is 0.379 e. The van der Waals surface area contributed by atoms with Crippen LogP contribution in [0.25, 0.3) is 6.08 Å². The number of amides is 1. The Bertz CT molecular complexity index is 601. The molecule has 0 radical (unpaired) electrons. The monoisotopic (exact) mass is 349 g/mol. The van der Waals surface area contributed by atoms with E-state index in [9.17, 15) is 4.79 Å². The Labute approximate surface area is 145 Å². The van der Waals surface area contributed by atoms with Gasteiger partial charge >= 0.3 is 0 Å². The molecule has 0 unspecified atom stereocenters. The molecule has 0 aromatic carbocycles. The Kier molecular flexibility index (Phi) is 5.77. The van der Waals surface area contributed by atoms with E-state index in [4.69, 9.17) is 17.0 Å². The molecule has 2 fully saturated rings. The summed E-state index contributed by atoms with van der Waals surface area (Å²) in [5, 5.41) is 0. The molecule has 0 spiro atoms. The number of thioether (sulfide) groups is 1. The minimum absolute atomic E-state index is 0.00682. The number of ether oxygens (including phenoxy) is 1. The Balaban J connectivity index is 1.55. The topological polar surface area (TPSA) is 45.7 Å². The lowest BCUT2D eigenvalue weighted by Gasteiger charge is -2.27. The van der Waals surface area contributed by atoms with Crippen LogP contribution < -0.4 is 0 Å². The predicted molar refractivity (Wildman–Crippen MR) is 96.0 cm³/mol. The smallest absolute Gasteiger partial charge is 0.266 e. The molecule has 0 bridgehead atoms. The zero-order chi connectivity index (χ0) is 16.1. The lowest BCUT2D eigenvalue weighted by molar-refractivity contribution is -0.122. The van der Waals surface area contributed by atoms with Crippen LogP contribution in [0.5, 0.6) is 0 Å². The summed E-state index contributed by atoms with van der Waals surface area (Å²) in [7, 11) is 0. The highest BCUT2D eigenvalue weighted by Crippen LogP contribution is 2.32. The van der Waals surface area contributed by atoms with Crippen LogP contribution in [0.2, 0.25) is 0 Å². The fourth-order valence-corrected chi connectivity index (χ4v) is 3.86. The molecule has 23 heavy (non-hydrogen) atoms. The van der Waals surface area contributed by atoms with Crippen LogP contribution in [0.4, 0.5) is 0 Å². The van der Waals surface area contributed by atoms with E-state index in [0.717, 1.165) is 45.0 Å². The van der Waals surface area contributed by atoms with Crippen molar-refractivity contribution < 1.29 is 9.53 Å². The average molecular weight is 349 g/mol. The van der Waals surface area contributed by atoms with Crippen molar-refractivity contribution in [1.29, 1.82) is 0 Å². The van der Waals surface area contributed by atoms with Crippen LogP contribution in [-0.2, 0) is 9.53 Å². The van der Waals surface area contributed by atoms with Gasteiger partial charge in [0.15, 0.2) is 0 Å². The first-order chi connectivity index (χ1) is 11.2. The molecule has 122 valence electrons. The van der Waals surface area contributed by atoms with Gasteiger partial charge in [-0.05, 0) is 24.6 Å². The number of thiocarbonyl (C=S) groups is 1. The van der Waals surface area contributed by atoms with E-state index >= 15 is 0 Å². The van der Waals surface area contributed by atoms with Crippen molar-refractivity contribution in [2.45, 2.75) is 6.42 Å². The standard InChI is InChI=1S/C16H19N3O2S2/c20-15-14(12-13-4-1-2-5-17-13)23-16(22)19(15)7-3-6-18-8-10-21-11-9-18/h1-2,4-5,12H,3,6-11H2. The summed E-state index contributed by atoms with van der Waals surface area (Å²) in [5.74, 6) is -0.00682. The average Bonchev–Trinajstić information content (AvgIpc) is 2.84. The maximum atomic E-state index is 12.5. The molecular weight excluding hydrogens is 330 g/mol. The molecule has 3 rings (SSSR count). The minimum atomic E-state index is -0.00682. The quantitative estimate of drug-likeness (QED) is 0.599. The molecule has 2 aliphatic heterocycles. The molecule has 5 nitrogen and oxygen atoms in total. The van der Waals surface area contributed by atoms with Crippen LogP contribution in [0.1, 0.15) is 12.1 Å². The van der Waals surface area contributed by atoms with Gasteiger partial charge < -0.3 is 4.74 Å². The van der Waals surface area contributed by atoms with Gasteiger partial charge in [-0.2, -0.15) is 0 Å². The fraction of sp³-hybridized carbons (Fsp3) is 0.438. The number of pyridine rings is 1. The van der Waals surface area contributed by atoms with Crippen molar-refractivity contribution in [1.82, 2.24) is 14.8 Å². The first-order valence-corrected chi connectivity index (χ1v) is 8.93. The van der Waals surface area contributed by atoms with Gasteiger partial charge in [0.2, 0.25) is 0 Å². The first-order valence-electron chi connectivity index (χ1n) is 7.70. The van der Waals surface area contributed by atoms with Crippen molar-refractivity contribution in [3.63, 3.8) is 0 Å².